The fraction of sp³-hybridized carbons (Fsp3) is 0.325. The van der Waals surface area contributed by atoms with E-state index in [1.807, 2.05) is 79.7 Å². The van der Waals surface area contributed by atoms with Gasteiger partial charge in [0.05, 0.1) is 37.4 Å². The molecule has 1 spiro atoms. The van der Waals surface area contributed by atoms with Crippen molar-refractivity contribution in [3.05, 3.63) is 129 Å². The average Bonchev–Trinajstić information content (AvgIpc) is 3.54. The second-order valence-corrected chi connectivity index (χ2v) is 19.1. The van der Waals surface area contributed by atoms with Gasteiger partial charge in [-0.2, -0.15) is 0 Å². The summed E-state index contributed by atoms with van der Waals surface area (Å²) >= 11 is 3.59. The fourth-order valence-electron chi connectivity index (χ4n) is 8.38. The van der Waals surface area contributed by atoms with E-state index in [0.717, 1.165) is 21.2 Å². The summed E-state index contributed by atoms with van der Waals surface area (Å²) in [5.74, 6) is -1.29. The number of halogens is 2. The van der Waals surface area contributed by atoms with E-state index in [1.54, 1.807) is 47.2 Å². The minimum absolute atomic E-state index is 0.0947. The lowest BCUT2D eigenvalue weighted by Crippen LogP contribution is -2.48. The molecule has 0 aliphatic carbocycles. The van der Waals surface area contributed by atoms with Crippen LogP contribution >= 0.6 is 15.9 Å². The third kappa shape index (κ3) is 6.45. The van der Waals surface area contributed by atoms with Crippen LogP contribution in [0, 0.1) is 5.92 Å². The van der Waals surface area contributed by atoms with Crippen LogP contribution in [0.5, 0.6) is 0 Å². The highest BCUT2D eigenvalue weighted by Crippen LogP contribution is 2.60. The number of ether oxygens (including phenoxy) is 1. The molecule has 0 unspecified atom stereocenters. The first-order chi connectivity index (χ1) is 24.4. The highest BCUT2D eigenvalue weighted by molar-refractivity contribution is 9.10. The van der Waals surface area contributed by atoms with E-state index in [-0.39, 0.29) is 37.3 Å². The molecule has 1 saturated heterocycles. The van der Waals surface area contributed by atoms with E-state index in [2.05, 4.69) is 21.2 Å². The molecule has 3 heterocycles. The van der Waals surface area contributed by atoms with E-state index in [9.17, 15) is 19.5 Å². The van der Waals surface area contributed by atoms with Crippen LogP contribution in [0.1, 0.15) is 46.0 Å². The molecule has 2 N–H and O–H groups in total. The zero-order valence-electron chi connectivity index (χ0n) is 28.8. The Morgan fingerprint density at radius 3 is 2.37 bits per heavy atom. The first-order valence-electron chi connectivity index (χ1n) is 17.3. The lowest BCUT2D eigenvalue weighted by atomic mass is 9.82. The van der Waals surface area contributed by atoms with Gasteiger partial charge in [-0.05, 0) is 78.7 Å². The summed E-state index contributed by atoms with van der Waals surface area (Å²) in [5.41, 5.74) is 3.33. The monoisotopic (exact) mass is 769 g/mol. The summed E-state index contributed by atoms with van der Waals surface area (Å²) in [6.45, 7) is 5.53. The van der Waals surface area contributed by atoms with Gasteiger partial charge in [0.1, 0.15) is 0 Å². The van der Waals surface area contributed by atoms with Crippen molar-refractivity contribution in [1.82, 2.24) is 4.90 Å². The molecule has 51 heavy (non-hydrogen) atoms. The third-order valence-electron chi connectivity index (χ3n) is 10.8. The summed E-state index contributed by atoms with van der Waals surface area (Å²) in [6.07, 6.45) is -0.395. The average molecular weight is 771 g/mol. The van der Waals surface area contributed by atoms with Gasteiger partial charge in [0.2, 0.25) is 14.3 Å². The van der Waals surface area contributed by atoms with Crippen molar-refractivity contribution in [3.8, 4) is 0 Å². The van der Waals surface area contributed by atoms with Gasteiger partial charge < -0.3 is 29.1 Å². The van der Waals surface area contributed by atoms with E-state index < -0.39 is 37.6 Å². The largest absolute Gasteiger partial charge is 0.394 e. The SMILES string of the molecule is C[C@H]1[C@H]([Si](C)(C)F)[C@@H](CC(=O)N2Cc3ccccc3C[C@H]2CO)O[C@]12C(=O)N(Cc1ccc(NC(=O)c3ccccc3)cc1)c1ccc(Br)cc12. The van der Waals surface area contributed by atoms with Crippen LogP contribution in [-0.4, -0.2) is 54.9 Å². The lowest BCUT2D eigenvalue weighted by molar-refractivity contribution is -0.151. The predicted octanol–water partition coefficient (Wildman–Crippen LogP) is 7.36. The van der Waals surface area contributed by atoms with Gasteiger partial charge in [-0.3, -0.25) is 14.4 Å². The quantitative estimate of drug-likeness (QED) is 0.144. The first-order valence-corrected chi connectivity index (χ1v) is 21.1. The number of aliphatic hydroxyl groups is 1. The Kier molecular flexibility index (Phi) is 9.51. The van der Waals surface area contributed by atoms with Crippen LogP contribution in [-0.2, 0) is 39.4 Å². The van der Waals surface area contributed by atoms with Crippen LogP contribution < -0.4 is 10.2 Å². The van der Waals surface area contributed by atoms with Gasteiger partial charge in [0.25, 0.3) is 11.8 Å². The molecule has 0 saturated carbocycles. The molecule has 5 atom stereocenters. The molecule has 0 aromatic heterocycles. The zero-order valence-corrected chi connectivity index (χ0v) is 31.4. The number of carbonyl (C=O) groups excluding carboxylic acids is 3. The smallest absolute Gasteiger partial charge is 0.264 e. The van der Waals surface area contributed by atoms with Gasteiger partial charge in [-0.15, -0.1) is 0 Å². The van der Waals surface area contributed by atoms with E-state index in [1.165, 1.54) is 0 Å². The molecule has 3 aliphatic heterocycles. The number of anilines is 2. The normalized spacial score (nSPS) is 24.1. The molecule has 1 fully saturated rings. The molecule has 264 valence electrons. The minimum atomic E-state index is -3.51. The summed E-state index contributed by atoms with van der Waals surface area (Å²) in [7, 11) is -3.51. The molecule has 0 radical (unpaired) electrons. The second-order valence-electron chi connectivity index (χ2n) is 14.4. The summed E-state index contributed by atoms with van der Waals surface area (Å²) in [6, 6.07) is 29.4. The molecule has 4 aromatic carbocycles. The van der Waals surface area contributed by atoms with Crippen molar-refractivity contribution < 1.29 is 28.3 Å². The maximum absolute atomic E-state index is 16.5. The molecular formula is C40H41BrFN3O5Si. The number of nitrogens with one attached hydrogen (secondary N) is 1. The van der Waals surface area contributed by atoms with E-state index in [0.29, 0.717) is 35.5 Å². The maximum atomic E-state index is 16.5. The van der Waals surface area contributed by atoms with Gasteiger partial charge in [0, 0.05) is 39.3 Å². The van der Waals surface area contributed by atoms with Crippen molar-refractivity contribution in [2.45, 2.75) is 69.2 Å². The van der Waals surface area contributed by atoms with Gasteiger partial charge in [-0.25, -0.2) is 0 Å². The number of benzene rings is 4. The van der Waals surface area contributed by atoms with Crippen molar-refractivity contribution in [1.29, 1.82) is 0 Å². The molecule has 7 rings (SSSR count). The number of fused-ring (bicyclic) bond motifs is 3. The second kappa shape index (κ2) is 13.8. The summed E-state index contributed by atoms with van der Waals surface area (Å²) in [5, 5.41) is 13.2. The molecular weight excluding hydrogens is 729 g/mol. The third-order valence-corrected chi connectivity index (χ3v) is 13.7. The highest BCUT2D eigenvalue weighted by Gasteiger charge is 2.67. The van der Waals surface area contributed by atoms with Gasteiger partial charge >= 0.3 is 0 Å². The van der Waals surface area contributed by atoms with Gasteiger partial charge in [0.15, 0.2) is 5.60 Å². The van der Waals surface area contributed by atoms with Crippen molar-refractivity contribution >= 4 is 53.4 Å². The minimum Gasteiger partial charge on any atom is -0.394 e. The van der Waals surface area contributed by atoms with Crippen LogP contribution in [0.4, 0.5) is 15.5 Å². The zero-order chi connectivity index (χ0) is 36.1. The summed E-state index contributed by atoms with van der Waals surface area (Å²) in [4.78, 5) is 44.9. The Hall–Kier alpha value is -4.16. The highest BCUT2D eigenvalue weighted by atomic mass is 79.9. The molecule has 3 amide bonds. The van der Waals surface area contributed by atoms with Crippen molar-refractivity contribution in [3.63, 3.8) is 0 Å². The molecule has 11 heteroatoms. The van der Waals surface area contributed by atoms with Crippen LogP contribution in [0.15, 0.2) is 102 Å². The lowest BCUT2D eigenvalue weighted by Gasteiger charge is -2.37. The predicted molar refractivity (Wildman–Crippen MR) is 200 cm³/mol. The topological polar surface area (TPSA) is 99.2 Å². The number of rotatable bonds is 8. The Morgan fingerprint density at radius 1 is 1.00 bits per heavy atom. The number of amides is 3. The van der Waals surface area contributed by atoms with Crippen molar-refractivity contribution in [2.75, 3.05) is 16.8 Å². The number of aliphatic hydroxyl groups excluding tert-OH is 1. The standard InChI is InChI=1S/C40H41BrFN3O5Si/c1-25-37(51(2,3)42)35(21-36(47)44-23-29-12-8-7-11-28(29)19-32(44)24-46)50-40(25)33-20-30(41)15-18-34(33)45(39(40)49)22-26-13-16-31(17-14-26)43-38(48)27-9-5-4-6-10-27/h4-18,20,25,32,35,37,46H,19,21-24H2,1-3H3,(H,43,48)/t25-,32-,35+,37-,40+/m0/s1. The van der Waals surface area contributed by atoms with E-state index >= 15 is 4.11 Å². The maximum Gasteiger partial charge on any atom is 0.264 e. The van der Waals surface area contributed by atoms with Gasteiger partial charge in [-0.1, -0.05) is 77.5 Å². The number of nitrogens with zero attached hydrogens (tertiary/aromatic N) is 2. The Morgan fingerprint density at radius 2 is 1.69 bits per heavy atom. The Bertz CT molecular complexity index is 1970. The number of carbonyl (C=O) groups is 3. The number of hydrogen-bond donors (Lipinski definition) is 2. The van der Waals surface area contributed by atoms with E-state index in [4.69, 9.17) is 4.74 Å². The van der Waals surface area contributed by atoms with Crippen LogP contribution in [0.25, 0.3) is 0 Å². The first kappa shape index (κ1) is 35.2. The Balaban J connectivity index is 1.16. The summed E-state index contributed by atoms with van der Waals surface area (Å²) < 4.78 is 24.1. The van der Waals surface area contributed by atoms with Crippen molar-refractivity contribution in [2.24, 2.45) is 5.92 Å². The molecule has 4 aromatic rings. The van der Waals surface area contributed by atoms with Crippen LogP contribution in [0.3, 0.4) is 0 Å². The fourth-order valence-corrected chi connectivity index (χ4v) is 11.2. The Labute approximate surface area is 306 Å². The van der Waals surface area contributed by atoms with Crippen LogP contribution in [0.2, 0.25) is 18.6 Å². The molecule has 8 nitrogen and oxygen atoms in total. The number of hydrogen-bond acceptors (Lipinski definition) is 5. The molecule has 3 aliphatic rings. The molecule has 0 bridgehead atoms.